The minimum Gasteiger partial charge on any atom is -0.465 e. The van der Waals surface area contributed by atoms with Gasteiger partial charge in [-0.3, -0.25) is 14.4 Å². The Balaban J connectivity index is 1.56. The van der Waals surface area contributed by atoms with Gasteiger partial charge < -0.3 is 4.74 Å². The molecule has 37 heavy (non-hydrogen) atoms. The van der Waals surface area contributed by atoms with Crippen molar-refractivity contribution in [3.8, 4) is 0 Å². The molecule has 11 heteroatoms. The number of fused-ring (bicyclic) bond motifs is 1. The maximum atomic E-state index is 13.6. The molecule has 0 bridgehead atoms. The van der Waals surface area contributed by atoms with E-state index in [0.717, 1.165) is 23.1 Å². The number of imide groups is 1. The van der Waals surface area contributed by atoms with Crippen molar-refractivity contribution in [1.29, 1.82) is 0 Å². The highest BCUT2D eigenvalue weighted by molar-refractivity contribution is 6.30. The van der Waals surface area contributed by atoms with Crippen LogP contribution < -0.4 is 9.96 Å². The average Bonchev–Trinajstić information content (AvgIpc) is 3.39. The minimum absolute atomic E-state index is 0.194. The standard InChI is InChI=1S/C26H18ClF3N2O5/c1-36-25(35)15-7-5-14(6-8-15)21-20-22(37-32(21)18-11-9-17(27)10-12-18)24(34)31(23(20)33)19-4-2-3-16(13-19)26(28,29)30/h2-13,20-22H,1H3/t20-,21+,22+/m1/s1. The maximum absolute atomic E-state index is 13.6. The number of hydrogen-bond donors (Lipinski definition) is 0. The molecule has 0 saturated carbocycles. The molecule has 2 aliphatic heterocycles. The summed E-state index contributed by atoms with van der Waals surface area (Å²) >= 11 is 6.01. The summed E-state index contributed by atoms with van der Waals surface area (Å²) in [5.41, 5.74) is 0.148. The van der Waals surface area contributed by atoms with Crippen LogP contribution >= 0.6 is 11.6 Å². The Bertz CT molecular complexity index is 1380. The Morgan fingerprint density at radius 1 is 0.946 bits per heavy atom. The predicted molar refractivity (Wildman–Crippen MR) is 127 cm³/mol. The fourth-order valence-corrected chi connectivity index (χ4v) is 4.70. The van der Waals surface area contributed by atoms with Crippen LogP contribution in [0.5, 0.6) is 0 Å². The molecule has 2 aliphatic rings. The maximum Gasteiger partial charge on any atom is 0.416 e. The van der Waals surface area contributed by atoms with Crippen LogP contribution in [0.15, 0.2) is 72.8 Å². The summed E-state index contributed by atoms with van der Waals surface area (Å²) in [5.74, 6) is -3.10. The monoisotopic (exact) mass is 530 g/mol. The molecule has 2 fully saturated rings. The average molecular weight is 531 g/mol. The van der Waals surface area contributed by atoms with Crippen LogP contribution in [0.3, 0.4) is 0 Å². The van der Waals surface area contributed by atoms with E-state index >= 15 is 0 Å². The second-order valence-corrected chi connectivity index (χ2v) is 8.91. The number of halogens is 4. The van der Waals surface area contributed by atoms with E-state index in [2.05, 4.69) is 0 Å². The highest BCUT2D eigenvalue weighted by atomic mass is 35.5. The molecule has 3 atom stereocenters. The van der Waals surface area contributed by atoms with Crippen molar-refractivity contribution >= 4 is 40.8 Å². The molecule has 3 aromatic rings. The number of hydroxylamine groups is 1. The van der Waals surface area contributed by atoms with Gasteiger partial charge in [0.15, 0.2) is 6.10 Å². The van der Waals surface area contributed by atoms with Gasteiger partial charge in [0.25, 0.3) is 5.91 Å². The van der Waals surface area contributed by atoms with Crippen molar-refractivity contribution in [2.75, 3.05) is 17.1 Å². The number of hydrogen-bond acceptors (Lipinski definition) is 6. The van der Waals surface area contributed by atoms with Gasteiger partial charge in [0.05, 0.1) is 35.7 Å². The highest BCUT2D eigenvalue weighted by Gasteiger charge is 2.60. The Labute approximate surface area is 213 Å². The van der Waals surface area contributed by atoms with Crippen molar-refractivity contribution in [2.24, 2.45) is 5.92 Å². The van der Waals surface area contributed by atoms with Crippen LogP contribution in [0.1, 0.15) is 27.5 Å². The lowest BCUT2D eigenvalue weighted by Crippen LogP contribution is -2.37. The fourth-order valence-electron chi connectivity index (χ4n) is 4.58. The third-order valence-corrected chi connectivity index (χ3v) is 6.55. The predicted octanol–water partition coefficient (Wildman–Crippen LogP) is 5.20. The largest absolute Gasteiger partial charge is 0.465 e. The van der Waals surface area contributed by atoms with Crippen LogP contribution in [0.25, 0.3) is 0 Å². The Morgan fingerprint density at radius 3 is 2.24 bits per heavy atom. The number of anilines is 2. The van der Waals surface area contributed by atoms with E-state index in [-0.39, 0.29) is 11.3 Å². The first-order valence-corrected chi connectivity index (χ1v) is 11.4. The lowest BCUT2D eigenvalue weighted by molar-refractivity contribution is -0.137. The van der Waals surface area contributed by atoms with Crippen LogP contribution in [-0.2, 0) is 25.3 Å². The van der Waals surface area contributed by atoms with Crippen molar-refractivity contribution < 1.29 is 37.1 Å². The number of carbonyl (C=O) groups excluding carboxylic acids is 3. The van der Waals surface area contributed by atoms with Gasteiger partial charge in [-0.05, 0) is 60.2 Å². The van der Waals surface area contributed by atoms with E-state index in [0.29, 0.717) is 16.3 Å². The van der Waals surface area contributed by atoms with Gasteiger partial charge in [-0.25, -0.2) is 14.8 Å². The molecule has 0 aromatic heterocycles. The molecule has 5 rings (SSSR count). The molecule has 2 amide bonds. The number of amides is 2. The van der Waals surface area contributed by atoms with Gasteiger partial charge in [0.1, 0.15) is 5.92 Å². The molecule has 0 aliphatic carbocycles. The van der Waals surface area contributed by atoms with Gasteiger partial charge in [0, 0.05) is 5.02 Å². The molecule has 7 nitrogen and oxygen atoms in total. The number of nitrogens with zero attached hydrogens (tertiary/aromatic N) is 2. The zero-order chi connectivity index (χ0) is 26.5. The van der Waals surface area contributed by atoms with Gasteiger partial charge in [-0.15, -0.1) is 0 Å². The molecule has 0 N–H and O–H groups in total. The lowest BCUT2D eigenvalue weighted by atomic mass is 9.90. The Kier molecular flexibility index (Phi) is 6.17. The number of methoxy groups -OCH3 is 1. The first kappa shape index (κ1) is 24.8. The Morgan fingerprint density at radius 2 is 1.62 bits per heavy atom. The van der Waals surface area contributed by atoms with Crippen LogP contribution in [0.4, 0.5) is 24.5 Å². The molecule has 2 saturated heterocycles. The quantitative estimate of drug-likeness (QED) is 0.341. The van der Waals surface area contributed by atoms with Gasteiger partial charge in [-0.1, -0.05) is 29.8 Å². The smallest absolute Gasteiger partial charge is 0.416 e. The molecule has 0 unspecified atom stereocenters. The molecular weight excluding hydrogens is 513 g/mol. The third kappa shape index (κ3) is 4.32. The molecule has 2 heterocycles. The van der Waals surface area contributed by atoms with E-state index < -0.39 is 47.6 Å². The van der Waals surface area contributed by atoms with Crippen molar-refractivity contribution in [3.63, 3.8) is 0 Å². The van der Waals surface area contributed by atoms with E-state index in [1.54, 1.807) is 36.4 Å². The second-order valence-electron chi connectivity index (χ2n) is 8.47. The normalized spacial score (nSPS) is 21.4. The number of benzene rings is 3. The van der Waals surface area contributed by atoms with Crippen LogP contribution in [0.2, 0.25) is 5.02 Å². The summed E-state index contributed by atoms with van der Waals surface area (Å²) < 4.78 is 44.6. The number of carbonyl (C=O) groups is 3. The molecule has 190 valence electrons. The summed E-state index contributed by atoms with van der Waals surface area (Å²) in [7, 11) is 1.25. The number of rotatable bonds is 4. The molecule has 0 radical (unpaired) electrons. The van der Waals surface area contributed by atoms with E-state index in [4.69, 9.17) is 21.2 Å². The molecule has 0 spiro atoms. The van der Waals surface area contributed by atoms with Gasteiger partial charge in [-0.2, -0.15) is 13.2 Å². The summed E-state index contributed by atoms with van der Waals surface area (Å²) in [6.45, 7) is 0. The summed E-state index contributed by atoms with van der Waals surface area (Å²) in [4.78, 5) is 45.5. The summed E-state index contributed by atoms with van der Waals surface area (Å²) in [6, 6.07) is 16.0. The SMILES string of the molecule is COC(=O)c1ccc([C@H]2[C@H]3C(=O)N(c4cccc(C(F)(F)F)c4)C(=O)[C@H]3ON2c2ccc(Cl)cc2)cc1. The van der Waals surface area contributed by atoms with Crippen molar-refractivity contribution in [2.45, 2.75) is 18.3 Å². The van der Waals surface area contributed by atoms with E-state index in [1.165, 1.54) is 30.4 Å². The first-order valence-electron chi connectivity index (χ1n) is 11.0. The number of esters is 1. The fraction of sp³-hybridized carbons (Fsp3) is 0.192. The third-order valence-electron chi connectivity index (χ3n) is 6.30. The van der Waals surface area contributed by atoms with Crippen LogP contribution in [0, 0.1) is 5.92 Å². The second kappa shape index (κ2) is 9.20. The minimum atomic E-state index is -4.65. The Hall–Kier alpha value is -3.89. The van der Waals surface area contributed by atoms with Crippen LogP contribution in [-0.4, -0.2) is 31.0 Å². The topological polar surface area (TPSA) is 76.2 Å². The zero-order valence-electron chi connectivity index (χ0n) is 19.1. The van der Waals surface area contributed by atoms with Crippen molar-refractivity contribution in [1.82, 2.24) is 0 Å². The summed E-state index contributed by atoms with van der Waals surface area (Å²) in [5, 5.41) is 1.88. The molecule has 3 aromatic carbocycles. The van der Waals surface area contributed by atoms with Gasteiger partial charge >= 0.3 is 12.1 Å². The van der Waals surface area contributed by atoms with Crippen molar-refractivity contribution in [3.05, 3.63) is 94.5 Å². The van der Waals surface area contributed by atoms with Gasteiger partial charge in [0.2, 0.25) is 5.91 Å². The zero-order valence-corrected chi connectivity index (χ0v) is 19.9. The summed E-state index contributed by atoms with van der Waals surface area (Å²) in [6.07, 6.45) is -5.92. The number of ether oxygens (including phenoxy) is 1. The van der Waals surface area contributed by atoms with E-state index in [9.17, 15) is 27.6 Å². The molecular formula is C26H18ClF3N2O5. The lowest BCUT2D eigenvalue weighted by Gasteiger charge is -2.29. The first-order chi connectivity index (χ1) is 17.6. The highest BCUT2D eigenvalue weighted by Crippen LogP contribution is 2.48. The number of alkyl halides is 3. The van der Waals surface area contributed by atoms with E-state index in [1.807, 2.05) is 0 Å².